The number of hydrogen-bond donors (Lipinski definition) is 0. The third-order valence-corrected chi connectivity index (χ3v) is 2.42. The van der Waals surface area contributed by atoms with E-state index in [0.717, 1.165) is 5.92 Å². The maximum Gasteiger partial charge on any atom is -0.0106 e. The quantitative estimate of drug-likeness (QED) is 0.469. The Morgan fingerprint density at radius 3 is 2.44 bits per heavy atom. The first kappa shape index (κ1) is 6.64. The van der Waals surface area contributed by atoms with Crippen molar-refractivity contribution in [1.82, 2.24) is 0 Å². The molecule has 0 saturated heterocycles. The summed E-state index contributed by atoms with van der Waals surface area (Å²) >= 11 is 0. The molecule has 9 heavy (non-hydrogen) atoms. The topological polar surface area (TPSA) is 0 Å². The molecule has 1 saturated carbocycles. The van der Waals surface area contributed by atoms with E-state index in [1.807, 2.05) is 0 Å². The lowest BCUT2D eigenvalue weighted by molar-refractivity contribution is 0.114. The lowest BCUT2D eigenvalue weighted by atomic mass is 9.63. The van der Waals surface area contributed by atoms with Crippen molar-refractivity contribution in [2.24, 2.45) is 11.3 Å². The van der Waals surface area contributed by atoms with Crippen LogP contribution in [-0.2, 0) is 0 Å². The second-order valence-electron chi connectivity index (χ2n) is 3.50. The fourth-order valence-corrected chi connectivity index (χ4v) is 1.34. The van der Waals surface area contributed by atoms with Gasteiger partial charge in [0.2, 0.25) is 0 Å². The molecule has 0 radical (unpaired) electrons. The zero-order valence-corrected chi connectivity index (χ0v) is 6.28. The van der Waals surface area contributed by atoms with E-state index in [-0.39, 0.29) is 0 Å². The van der Waals surface area contributed by atoms with Crippen LogP contribution < -0.4 is 0 Å². The van der Waals surface area contributed by atoms with Crippen molar-refractivity contribution in [3.8, 4) is 0 Å². The molecule has 0 nitrogen and oxygen atoms in total. The second kappa shape index (κ2) is 2.04. The van der Waals surface area contributed by atoms with Crippen molar-refractivity contribution in [1.29, 1.82) is 0 Å². The summed E-state index contributed by atoms with van der Waals surface area (Å²) in [5.74, 6) is 0.745. The highest BCUT2D eigenvalue weighted by Gasteiger charge is 2.36. The van der Waals surface area contributed by atoms with Crippen molar-refractivity contribution < 1.29 is 0 Å². The monoisotopic (exact) mass is 122 g/mol. The fourth-order valence-electron chi connectivity index (χ4n) is 1.34. The Labute approximate surface area is 57.3 Å². The molecule has 1 atom stereocenters. The molecule has 0 heteroatoms. The van der Waals surface area contributed by atoms with Crippen LogP contribution in [0.15, 0.2) is 18.4 Å². The van der Waals surface area contributed by atoms with Crippen LogP contribution in [0.3, 0.4) is 0 Å². The molecule has 1 aliphatic rings. The van der Waals surface area contributed by atoms with Crippen LogP contribution in [0.2, 0.25) is 0 Å². The van der Waals surface area contributed by atoms with Gasteiger partial charge in [0.25, 0.3) is 0 Å². The van der Waals surface area contributed by atoms with Crippen molar-refractivity contribution in [2.75, 3.05) is 0 Å². The summed E-state index contributed by atoms with van der Waals surface area (Å²) in [6.07, 6.45) is 4.79. The summed E-state index contributed by atoms with van der Waals surface area (Å²) in [6, 6.07) is 0. The van der Waals surface area contributed by atoms with Gasteiger partial charge in [0.1, 0.15) is 0 Å². The van der Waals surface area contributed by atoms with E-state index >= 15 is 0 Å². The van der Waals surface area contributed by atoms with Gasteiger partial charge in [-0.1, -0.05) is 20.4 Å². The van der Waals surface area contributed by atoms with Gasteiger partial charge in [-0.2, -0.15) is 0 Å². The molecule has 0 amide bonds. The Bertz CT molecular complexity index is 147. The Morgan fingerprint density at radius 1 is 1.67 bits per heavy atom. The van der Waals surface area contributed by atoms with Crippen LogP contribution in [0.25, 0.3) is 0 Å². The van der Waals surface area contributed by atoms with Crippen molar-refractivity contribution in [3.63, 3.8) is 0 Å². The molecule has 0 aromatic rings. The largest absolute Gasteiger partial charge is 0.133 e. The highest BCUT2D eigenvalue weighted by Crippen LogP contribution is 2.46. The van der Waals surface area contributed by atoms with Gasteiger partial charge >= 0.3 is 0 Å². The van der Waals surface area contributed by atoms with Gasteiger partial charge in [0.15, 0.2) is 0 Å². The SMILES string of the molecule is C=C=CC1CCC1(C)C. The fraction of sp³-hybridized carbons (Fsp3) is 0.667. The van der Waals surface area contributed by atoms with Gasteiger partial charge < -0.3 is 0 Å². The molecule has 0 aromatic heterocycles. The standard InChI is InChI=1S/C9H14/c1-4-5-8-6-7-9(8,2)3/h5,8H,1,6-7H2,2-3H3. The van der Waals surface area contributed by atoms with E-state index in [1.165, 1.54) is 12.8 Å². The molecule has 1 fully saturated rings. The second-order valence-corrected chi connectivity index (χ2v) is 3.50. The minimum atomic E-state index is 0.532. The van der Waals surface area contributed by atoms with E-state index in [4.69, 9.17) is 0 Å². The first-order valence-corrected chi connectivity index (χ1v) is 3.53. The number of allylic oxidation sites excluding steroid dienone is 1. The minimum Gasteiger partial charge on any atom is -0.133 e. The maximum atomic E-state index is 3.57. The van der Waals surface area contributed by atoms with Crippen LogP contribution in [0, 0.1) is 11.3 Å². The van der Waals surface area contributed by atoms with E-state index in [1.54, 1.807) is 0 Å². The lowest BCUT2D eigenvalue weighted by Crippen LogP contribution is -2.32. The first-order chi connectivity index (χ1) is 4.17. The zero-order valence-electron chi connectivity index (χ0n) is 6.28. The van der Waals surface area contributed by atoms with Crippen LogP contribution >= 0.6 is 0 Å². The molecular formula is C9H14. The normalized spacial score (nSPS) is 30.2. The minimum absolute atomic E-state index is 0.532. The molecule has 0 spiro atoms. The molecule has 0 bridgehead atoms. The van der Waals surface area contributed by atoms with Crippen LogP contribution in [0.1, 0.15) is 26.7 Å². The van der Waals surface area contributed by atoms with Crippen LogP contribution in [-0.4, -0.2) is 0 Å². The first-order valence-electron chi connectivity index (χ1n) is 3.53. The summed E-state index contributed by atoms with van der Waals surface area (Å²) in [4.78, 5) is 0. The van der Waals surface area contributed by atoms with Crippen molar-refractivity contribution in [3.05, 3.63) is 18.4 Å². The molecule has 1 unspecified atom stereocenters. The Hall–Kier alpha value is -0.480. The number of hydrogen-bond acceptors (Lipinski definition) is 0. The van der Waals surface area contributed by atoms with E-state index in [9.17, 15) is 0 Å². The van der Waals surface area contributed by atoms with Gasteiger partial charge in [-0.25, -0.2) is 0 Å². The Balaban J connectivity index is 2.55. The molecule has 0 aliphatic heterocycles. The van der Waals surface area contributed by atoms with Crippen molar-refractivity contribution >= 4 is 0 Å². The molecule has 0 aromatic carbocycles. The average molecular weight is 122 g/mol. The van der Waals surface area contributed by atoms with E-state index in [0.29, 0.717) is 5.41 Å². The highest BCUT2D eigenvalue weighted by atomic mass is 14.4. The summed E-state index contributed by atoms with van der Waals surface area (Å²) in [5.41, 5.74) is 3.38. The average Bonchev–Trinajstić information content (AvgIpc) is 1.81. The number of rotatable bonds is 1. The molecule has 50 valence electrons. The summed E-state index contributed by atoms with van der Waals surface area (Å²) in [5, 5.41) is 0. The Kier molecular flexibility index (Phi) is 1.50. The highest BCUT2D eigenvalue weighted by molar-refractivity contribution is 5.00. The third kappa shape index (κ3) is 1.09. The van der Waals surface area contributed by atoms with E-state index in [2.05, 4.69) is 32.2 Å². The van der Waals surface area contributed by atoms with Gasteiger partial charge in [-0.15, -0.1) is 5.73 Å². The zero-order chi connectivity index (χ0) is 6.91. The van der Waals surface area contributed by atoms with Gasteiger partial charge in [-0.3, -0.25) is 0 Å². The van der Waals surface area contributed by atoms with Crippen LogP contribution in [0.5, 0.6) is 0 Å². The molecule has 1 rings (SSSR count). The van der Waals surface area contributed by atoms with Gasteiger partial charge in [-0.05, 0) is 30.3 Å². The van der Waals surface area contributed by atoms with Gasteiger partial charge in [0, 0.05) is 0 Å². The summed E-state index contributed by atoms with van der Waals surface area (Å²) < 4.78 is 0. The molecule has 0 heterocycles. The Morgan fingerprint density at radius 2 is 2.33 bits per heavy atom. The molecule has 1 aliphatic carbocycles. The maximum absolute atomic E-state index is 3.57. The lowest BCUT2D eigenvalue weighted by Gasteiger charge is -2.42. The third-order valence-electron chi connectivity index (χ3n) is 2.42. The summed E-state index contributed by atoms with van der Waals surface area (Å²) in [7, 11) is 0. The molecule has 0 N–H and O–H groups in total. The summed E-state index contributed by atoms with van der Waals surface area (Å²) in [6.45, 7) is 8.17. The van der Waals surface area contributed by atoms with Gasteiger partial charge in [0.05, 0.1) is 0 Å². The van der Waals surface area contributed by atoms with Crippen molar-refractivity contribution in [2.45, 2.75) is 26.7 Å². The molecular weight excluding hydrogens is 108 g/mol. The van der Waals surface area contributed by atoms with E-state index < -0.39 is 0 Å². The van der Waals surface area contributed by atoms with Crippen LogP contribution in [0.4, 0.5) is 0 Å². The smallest absolute Gasteiger partial charge is 0.0106 e. The predicted octanol–water partition coefficient (Wildman–Crippen LogP) is 2.76. The predicted molar refractivity (Wildman–Crippen MR) is 40.2 cm³/mol.